The zero-order valence-electron chi connectivity index (χ0n) is 13.2. The third-order valence-corrected chi connectivity index (χ3v) is 4.23. The van der Waals surface area contributed by atoms with Crippen molar-refractivity contribution in [3.05, 3.63) is 54.5 Å². The van der Waals surface area contributed by atoms with Crippen molar-refractivity contribution >= 4 is 17.2 Å². The lowest BCUT2D eigenvalue weighted by Gasteiger charge is -2.14. The summed E-state index contributed by atoms with van der Waals surface area (Å²) in [6.07, 6.45) is 8.09. The standard InChI is InChI=1S/C18H18N4O2/c23-18(13-8-9-17-19-12-20-22(17)11-13)21-14-4-3-7-16(10-14)24-15-5-1-2-6-15/h3-4,7-12,15H,1-2,5-6H2,(H,21,23). The first kappa shape index (κ1) is 14.7. The Bertz CT molecular complexity index is 868. The molecule has 1 amide bonds. The normalized spacial score (nSPS) is 14.8. The summed E-state index contributed by atoms with van der Waals surface area (Å²) in [5.41, 5.74) is 1.95. The van der Waals surface area contributed by atoms with Crippen LogP contribution in [0.2, 0.25) is 0 Å². The van der Waals surface area contributed by atoms with Gasteiger partial charge in [0.1, 0.15) is 12.1 Å². The first-order valence-electron chi connectivity index (χ1n) is 8.15. The fraction of sp³-hybridized carbons (Fsp3) is 0.278. The van der Waals surface area contributed by atoms with Crippen LogP contribution in [0.4, 0.5) is 5.69 Å². The number of benzene rings is 1. The summed E-state index contributed by atoms with van der Waals surface area (Å²) in [5.74, 6) is 0.608. The third kappa shape index (κ3) is 3.08. The maximum absolute atomic E-state index is 12.4. The molecule has 1 fully saturated rings. The maximum Gasteiger partial charge on any atom is 0.257 e. The summed E-state index contributed by atoms with van der Waals surface area (Å²) in [6, 6.07) is 11.0. The van der Waals surface area contributed by atoms with Gasteiger partial charge in [0.05, 0.1) is 11.7 Å². The van der Waals surface area contributed by atoms with Crippen LogP contribution in [-0.2, 0) is 0 Å². The summed E-state index contributed by atoms with van der Waals surface area (Å²) in [7, 11) is 0. The Kier molecular flexibility index (Phi) is 3.86. The van der Waals surface area contributed by atoms with Gasteiger partial charge in [-0.25, -0.2) is 9.50 Å². The number of carbonyl (C=O) groups is 1. The molecule has 2 aromatic heterocycles. The number of rotatable bonds is 4. The molecule has 1 aliphatic carbocycles. The number of anilines is 1. The van der Waals surface area contributed by atoms with Crippen LogP contribution >= 0.6 is 0 Å². The Morgan fingerprint density at radius 2 is 2.08 bits per heavy atom. The molecule has 0 saturated heterocycles. The molecule has 2 heterocycles. The van der Waals surface area contributed by atoms with Crippen LogP contribution in [0.5, 0.6) is 5.75 Å². The molecule has 0 radical (unpaired) electrons. The summed E-state index contributed by atoms with van der Waals surface area (Å²) in [5, 5.41) is 6.95. The van der Waals surface area contributed by atoms with Crippen molar-refractivity contribution in [3.8, 4) is 5.75 Å². The Morgan fingerprint density at radius 3 is 2.96 bits per heavy atom. The molecule has 6 heteroatoms. The lowest BCUT2D eigenvalue weighted by molar-refractivity contribution is 0.102. The van der Waals surface area contributed by atoms with Crippen LogP contribution in [0.15, 0.2) is 48.9 Å². The number of amides is 1. The molecule has 0 aliphatic heterocycles. The van der Waals surface area contributed by atoms with E-state index in [4.69, 9.17) is 4.74 Å². The Morgan fingerprint density at radius 1 is 1.21 bits per heavy atom. The quantitative estimate of drug-likeness (QED) is 0.800. The number of fused-ring (bicyclic) bond motifs is 1. The van der Waals surface area contributed by atoms with Gasteiger partial charge in [-0.1, -0.05) is 6.07 Å². The number of nitrogens with zero attached hydrogens (tertiary/aromatic N) is 3. The van der Waals surface area contributed by atoms with E-state index in [9.17, 15) is 4.79 Å². The fourth-order valence-corrected chi connectivity index (χ4v) is 3.00. The number of ether oxygens (including phenoxy) is 1. The number of pyridine rings is 1. The Hall–Kier alpha value is -2.89. The summed E-state index contributed by atoms with van der Waals surface area (Å²) < 4.78 is 7.55. The predicted molar refractivity (Wildman–Crippen MR) is 90.3 cm³/mol. The van der Waals surface area contributed by atoms with Gasteiger partial charge >= 0.3 is 0 Å². The molecule has 0 atom stereocenters. The topological polar surface area (TPSA) is 68.5 Å². The Labute approximate surface area is 139 Å². The summed E-state index contributed by atoms with van der Waals surface area (Å²) in [4.78, 5) is 16.5. The predicted octanol–water partition coefficient (Wildman–Crippen LogP) is 3.30. The molecule has 122 valence electrons. The highest BCUT2D eigenvalue weighted by Crippen LogP contribution is 2.26. The third-order valence-electron chi connectivity index (χ3n) is 4.23. The minimum atomic E-state index is -0.189. The summed E-state index contributed by atoms with van der Waals surface area (Å²) >= 11 is 0. The minimum Gasteiger partial charge on any atom is -0.490 e. The second-order valence-electron chi connectivity index (χ2n) is 5.99. The number of hydrogen-bond donors (Lipinski definition) is 1. The Balaban J connectivity index is 1.48. The van der Waals surface area contributed by atoms with E-state index in [-0.39, 0.29) is 5.91 Å². The van der Waals surface area contributed by atoms with E-state index in [2.05, 4.69) is 15.4 Å². The van der Waals surface area contributed by atoms with Gasteiger partial charge in [-0.15, -0.1) is 0 Å². The molecule has 1 aliphatic rings. The highest BCUT2D eigenvalue weighted by Gasteiger charge is 2.16. The van der Waals surface area contributed by atoms with Crippen LogP contribution < -0.4 is 10.1 Å². The molecule has 1 N–H and O–H groups in total. The molecule has 1 saturated carbocycles. The largest absolute Gasteiger partial charge is 0.490 e. The minimum absolute atomic E-state index is 0.189. The SMILES string of the molecule is O=C(Nc1cccc(OC2CCCC2)c1)c1ccc2ncnn2c1. The van der Waals surface area contributed by atoms with Gasteiger partial charge in [-0.05, 0) is 49.9 Å². The monoisotopic (exact) mass is 322 g/mol. The molecule has 4 rings (SSSR count). The highest BCUT2D eigenvalue weighted by atomic mass is 16.5. The van der Waals surface area contributed by atoms with Crippen LogP contribution in [0, 0.1) is 0 Å². The van der Waals surface area contributed by atoms with Crippen molar-refractivity contribution < 1.29 is 9.53 Å². The molecular formula is C18H18N4O2. The van der Waals surface area contributed by atoms with E-state index in [1.165, 1.54) is 19.2 Å². The van der Waals surface area contributed by atoms with Crippen molar-refractivity contribution in [2.24, 2.45) is 0 Å². The molecule has 1 aromatic carbocycles. The lowest BCUT2D eigenvalue weighted by atomic mass is 10.2. The van der Waals surface area contributed by atoms with Gasteiger partial charge in [0.25, 0.3) is 5.91 Å². The van der Waals surface area contributed by atoms with Crippen molar-refractivity contribution in [1.29, 1.82) is 0 Å². The number of nitrogens with one attached hydrogen (secondary N) is 1. The van der Waals surface area contributed by atoms with E-state index in [1.54, 1.807) is 22.8 Å². The number of carbonyl (C=O) groups excluding carboxylic acids is 1. The molecular weight excluding hydrogens is 304 g/mol. The van der Waals surface area contributed by atoms with E-state index in [0.717, 1.165) is 18.6 Å². The van der Waals surface area contributed by atoms with Gasteiger partial charge in [0, 0.05) is 18.0 Å². The molecule has 0 bridgehead atoms. The first-order valence-corrected chi connectivity index (χ1v) is 8.15. The zero-order chi connectivity index (χ0) is 16.4. The van der Waals surface area contributed by atoms with Gasteiger partial charge in [-0.2, -0.15) is 5.10 Å². The van der Waals surface area contributed by atoms with Crippen LogP contribution in [0.25, 0.3) is 5.65 Å². The van der Waals surface area contributed by atoms with E-state index in [0.29, 0.717) is 23.0 Å². The van der Waals surface area contributed by atoms with E-state index < -0.39 is 0 Å². The molecule has 0 unspecified atom stereocenters. The van der Waals surface area contributed by atoms with E-state index in [1.807, 2.05) is 24.3 Å². The first-order chi connectivity index (χ1) is 11.8. The maximum atomic E-state index is 12.4. The molecule has 24 heavy (non-hydrogen) atoms. The van der Waals surface area contributed by atoms with Crippen molar-refractivity contribution in [3.63, 3.8) is 0 Å². The van der Waals surface area contributed by atoms with Crippen molar-refractivity contribution in [2.75, 3.05) is 5.32 Å². The number of hydrogen-bond acceptors (Lipinski definition) is 4. The van der Waals surface area contributed by atoms with Gasteiger partial charge in [-0.3, -0.25) is 4.79 Å². The second kappa shape index (κ2) is 6.31. The van der Waals surface area contributed by atoms with Crippen LogP contribution in [-0.4, -0.2) is 26.6 Å². The van der Waals surface area contributed by atoms with Crippen molar-refractivity contribution in [2.45, 2.75) is 31.8 Å². The van der Waals surface area contributed by atoms with Gasteiger partial charge in [0.2, 0.25) is 0 Å². The van der Waals surface area contributed by atoms with E-state index >= 15 is 0 Å². The zero-order valence-corrected chi connectivity index (χ0v) is 13.2. The molecule has 0 spiro atoms. The van der Waals surface area contributed by atoms with Crippen LogP contribution in [0.3, 0.4) is 0 Å². The summed E-state index contributed by atoms with van der Waals surface area (Å²) in [6.45, 7) is 0. The number of aromatic nitrogens is 3. The average molecular weight is 322 g/mol. The average Bonchev–Trinajstić information content (AvgIpc) is 3.25. The molecule has 6 nitrogen and oxygen atoms in total. The lowest BCUT2D eigenvalue weighted by Crippen LogP contribution is -2.14. The second-order valence-corrected chi connectivity index (χ2v) is 5.99. The molecule has 3 aromatic rings. The van der Waals surface area contributed by atoms with Gasteiger partial charge < -0.3 is 10.1 Å². The fourth-order valence-electron chi connectivity index (χ4n) is 3.00. The van der Waals surface area contributed by atoms with Crippen molar-refractivity contribution in [1.82, 2.24) is 14.6 Å². The van der Waals surface area contributed by atoms with Crippen LogP contribution in [0.1, 0.15) is 36.0 Å². The highest BCUT2D eigenvalue weighted by molar-refractivity contribution is 6.04. The van der Waals surface area contributed by atoms with Gasteiger partial charge in [0.15, 0.2) is 5.65 Å². The smallest absolute Gasteiger partial charge is 0.257 e.